The third-order valence-electron chi connectivity index (χ3n) is 3.59. The van der Waals surface area contributed by atoms with Gasteiger partial charge in [-0.15, -0.1) is 0 Å². The normalized spacial score (nSPS) is 12.0. The van der Waals surface area contributed by atoms with E-state index in [1.807, 2.05) is 6.92 Å². The van der Waals surface area contributed by atoms with Crippen LogP contribution in [0, 0.1) is 12.7 Å². The van der Waals surface area contributed by atoms with Crippen LogP contribution >= 0.6 is 0 Å². The zero-order chi connectivity index (χ0) is 17.0. The number of rotatable bonds is 6. The number of halogens is 1. The third-order valence-corrected chi connectivity index (χ3v) is 3.59. The molecule has 2 N–H and O–H groups in total. The summed E-state index contributed by atoms with van der Waals surface area (Å²) < 4.78 is 18.2. The number of nitrogens with one attached hydrogen (secondary N) is 1. The summed E-state index contributed by atoms with van der Waals surface area (Å²) in [6, 6.07) is 7.44. The van der Waals surface area contributed by atoms with Crippen LogP contribution < -0.4 is 5.32 Å². The first kappa shape index (κ1) is 16.7. The number of aryl methyl sites for hydroxylation is 1. The molecule has 122 valence electrons. The number of amides is 1. The molecule has 1 amide bonds. The van der Waals surface area contributed by atoms with Crippen molar-refractivity contribution in [3.05, 3.63) is 58.8 Å². The number of carbonyl (C=O) groups is 2. The number of hydrogen-bond donors (Lipinski definition) is 2. The number of benzene rings is 1. The van der Waals surface area contributed by atoms with Gasteiger partial charge in [-0.2, -0.15) is 0 Å². The standard InChI is InChI=1S/C17H18FNO4/c1-10(12-3-5-13(18)6-4-12)7-16(20)19-9-14-8-15(17(21)22)11(2)23-14/h3-6,8,10H,7,9H2,1-2H3,(H,19,20)(H,21,22). The van der Waals surface area contributed by atoms with Crippen molar-refractivity contribution in [1.29, 1.82) is 0 Å². The Bertz CT molecular complexity index is 706. The van der Waals surface area contributed by atoms with E-state index in [0.29, 0.717) is 11.5 Å². The van der Waals surface area contributed by atoms with Crippen molar-refractivity contribution in [2.45, 2.75) is 32.7 Å². The Hall–Kier alpha value is -2.63. The molecule has 1 aromatic heterocycles. The van der Waals surface area contributed by atoms with Crippen molar-refractivity contribution in [2.75, 3.05) is 0 Å². The summed E-state index contributed by atoms with van der Waals surface area (Å²) in [4.78, 5) is 22.9. The van der Waals surface area contributed by atoms with Gasteiger partial charge in [0, 0.05) is 6.42 Å². The fourth-order valence-electron chi connectivity index (χ4n) is 2.29. The molecule has 0 saturated heterocycles. The van der Waals surface area contributed by atoms with E-state index in [9.17, 15) is 14.0 Å². The van der Waals surface area contributed by atoms with E-state index < -0.39 is 5.97 Å². The molecule has 1 atom stereocenters. The minimum atomic E-state index is -1.06. The second-order valence-corrected chi connectivity index (χ2v) is 5.42. The summed E-state index contributed by atoms with van der Waals surface area (Å²) in [7, 11) is 0. The Morgan fingerprint density at radius 1 is 1.30 bits per heavy atom. The highest BCUT2D eigenvalue weighted by molar-refractivity contribution is 5.88. The van der Waals surface area contributed by atoms with Gasteiger partial charge in [0.15, 0.2) is 0 Å². The predicted molar refractivity (Wildman–Crippen MR) is 81.7 cm³/mol. The monoisotopic (exact) mass is 319 g/mol. The van der Waals surface area contributed by atoms with Crippen molar-refractivity contribution in [2.24, 2.45) is 0 Å². The SMILES string of the molecule is Cc1oc(CNC(=O)CC(C)c2ccc(F)cc2)cc1C(=O)O. The quantitative estimate of drug-likeness (QED) is 0.856. The lowest BCUT2D eigenvalue weighted by Crippen LogP contribution is -2.23. The Morgan fingerprint density at radius 3 is 2.52 bits per heavy atom. The molecule has 2 aromatic rings. The summed E-state index contributed by atoms with van der Waals surface area (Å²) >= 11 is 0. The number of carboxylic acids is 1. The zero-order valence-electron chi connectivity index (χ0n) is 12.9. The van der Waals surface area contributed by atoms with Crippen LogP contribution in [0.1, 0.15) is 46.7 Å². The highest BCUT2D eigenvalue weighted by atomic mass is 19.1. The number of carboxylic acid groups (broad SMARTS) is 1. The van der Waals surface area contributed by atoms with Gasteiger partial charge in [-0.1, -0.05) is 19.1 Å². The van der Waals surface area contributed by atoms with Crippen molar-refractivity contribution in [1.82, 2.24) is 5.32 Å². The first-order valence-electron chi connectivity index (χ1n) is 7.21. The molecule has 2 rings (SSSR count). The minimum absolute atomic E-state index is 0.0523. The molecule has 1 unspecified atom stereocenters. The molecule has 0 aliphatic rings. The van der Waals surface area contributed by atoms with Gasteiger partial charge < -0.3 is 14.8 Å². The van der Waals surface area contributed by atoms with Crippen LogP contribution in [0.3, 0.4) is 0 Å². The van der Waals surface area contributed by atoms with E-state index in [0.717, 1.165) is 5.56 Å². The van der Waals surface area contributed by atoms with Gasteiger partial charge in [-0.3, -0.25) is 4.79 Å². The van der Waals surface area contributed by atoms with Crippen LogP contribution in [0.2, 0.25) is 0 Å². The van der Waals surface area contributed by atoms with Crippen molar-refractivity contribution >= 4 is 11.9 Å². The van der Waals surface area contributed by atoms with Gasteiger partial charge in [0.05, 0.1) is 6.54 Å². The van der Waals surface area contributed by atoms with E-state index in [-0.39, 0.29) is 36.2 Å². The van der Waals surface area contributed by atoms with E-state index in [1.165, 1.54) is 18.2 Å². The molecule has 1 heterocycles. The van der Waals surface area contributed by atoms with E-state index in [1.54, 1.807) is 19.1 Å². The van der Waals surface area contributed by atoms with Gasteiger partial charge >= 0.3 is 5.97 Å². The van der Waals surface area contributed by atoms with Gasteiger partial charge in [-0.25, -0.2) is 9.18 Å². The van der Waals surface area contributed by atoms with E-state index >= 15 is 0 Å². The highest BCUT2D eigenvalue weighted by Crippen LogP contribution is 2.19. The van der Waals surface area contributed by atoms with Gasteiger partial charge in [0.1, 0.15) is 22.9 Å². The number of aromatic carboxylic acids is 1. The first-order valence-corrected chi connectivity index (χ1v) is 7.21. The molecule has 0 saturated carbocycles. The van der Waals surface area contributed by atoms with Crippen LogP contribution in [0.25, 0.3) is 0 Å². The first-order chi connectivity index (χ1) is 10.9. The predicted octanol–water partition coefficient (Wildman–Crippen LogP) is 3.24. The maximum atomic E-state index is 12.9. The molecule has 0 bridgehead atoms. The van der Waals surface area contributed by atoms with Gasteiger partial charge in [0.25, 0.3) is 0 Å². The molecular formula is C17H18FNO4. The lowest BCUT2D eigenvalue weighted by atomic mass is 9.97. The Balaban J connectivity index is 1.88. The minimum Gasteiger partial charge on any atom is -0.478 e. The molecule has 0 fully saturated rings. The molecule has 5 nitrogen and oxygen atoms in total. The van der Waals surface area contributed by atoms with Crippen molar-refractivity contribution in [3.8, 4) is 0 Å². The average Bonchev–Trinajstić information content (AvgIpc) is 2.87. The Labute approximate surface area is 133 Å². The molecule has 1 aromatic carbocycles. The average molecular weight is 319 g/mol. The fraction of sp³-hybridized carbons (Fsp3) is 0.294. The molecule has 0 spiro atoms. The van der Waals surface area contributed by atoms with Crippen LogP contribution in [-0.2, 0) is 11.3 Å². The lowest BCUT2D eigenvalue weighted by Gasteiger charge is -2.11. The van der Waals surface area contributed by atoms with Crippen LogP contribution in [0.5, 0.6) is 0 Å². The lowest BCUT2D eigenvalue weighted by molar-refractivity contribution is -0.121. The van der Waals surface area contributed by atoms with Gasteiger partial charge in [0.2, 0.25) is 5.91 Å². The molecule has 0 aliphatic heterocycles. The van der Waals surface area contributed by atoms with Crippen molar-refractivity contribution in [3.63, 3.8) is 0 Å². The second kappa shape index (κ2) is 7.09. The largest absolute Gasteiger partial charge is 0.478 e. The maximum Gasteiger partial charge on any atom is 0.339 e. The fourth-order valence-corrected chi connectivity index (χ4v) is 2.29. The van der Waals surface area contributed by atoms with Crippen molar-refractivity contribution < 1.29 is 23.5 Å². The molecule has 0 radical (unpaired) electrons. The number of carbonyl (C=O) groups excluding carboxylic acids is 1. The highest BCUT2D eigenvalue weighted by Gasteiger charge is 2.15. The van der Waals surface area contributed by atoms with Crippen LogP contribution in [-0.4, -0.2) is 17.0 Å². The second-order valence-electron chi connectivity index (χ2n) is 5.42. The summed E-state index contributed by atoms with van der Waals surface area (Å²) in [5.41, 5.74) is 0.970. The summed E-state index contributed by atoms with van der Waals surface area (Å²) in [6.45, 7) is 3.57. The Kier molecular flexibility index (Phi) is 5.16. The summed E-state index contributed by atoms with van der Waals surface area (Å²) in [6.07, 6.45) is 0.247. The molecule has 23 heavy (non-hydrogen) atoms. The molecular weight excluding hydrogens is 301 g/mol. The topological polar surface area (TPSA) is 79.5 Å². The summed E-state index contributed by atoms with van der Waals surface area (Å²) in [5.74, 6) is -0.915. The van der Waals surface area contributed by atoms with Crippen LogP contribution in [0.15, 0.2) is 34.7 Å². The third kappa shape index (κ3) is 4.42. The summed E-state index contributed by atoms with van der Waals surface area (Å²) in [5, 5.41) is 11.6. The smallest absolute Gasteiger partial charge is 0.339 e. The van der Waals surface area contributed by atoms with Gasteiger partial charge in [-0.05, 0) is 36.6 Å². The Morgan fingerprint density at radius 2 is 1.96 bits per heavy atom. The maximum absolute atomic E-state index is 12.9. The van der Waals surface area contributed by atoms with E-state index in [2.05, 4.69) is 5.32 Å². The number of furan rings is 1. The molecule has 6 heteroatoms. The van der Waals surface area contributed by atoms with E-state index in [4.69, 9.17) is 9.52 Å². The van der Waals surface area contributed by atoms with Crippen LogP contribution in [0.4, 0.5) is 4.39 Å². The number of hydrogen-bond acceptors (Lipinski definition) is 3. The zero-order valence-corrected chi connectivity index (χ0v) is 12.9. The molecule has 0 aliphatic carbocycles.